The minimum Gasteiger partial charge on any atom is -0.382 e. The number of hydrogen-bond acceptors (Lipinski definition) is 6. The Hall–Kier alpha value is -1.99. The number of carbonyl (C=O) groups excluding carboxylic acids is 1. The summed E-state index contributed by atoms with van der Waals surface area (Å²) in [6.45, 7) is 9.12. The van der Waals surface area contributed by atoms with Crippen molar-refractivity contribution in [1.29, 1.82) is 0 Å². The van der Waals surface area contributed by atoms with Gasteiger partial charge >= 0.3 is 0 Å². The number of thiazole rings is 1. The predicted molar refractivity (Wildman–Crippen MR) is 111 cm³/mol. The topological polar surface area (TPSA) is 66.9 Å². The van der Waals surface area contributed by atoms with E-state index >= 15 is 0 Å². The molecule has 0 atom stereocenters. The van der Waals surface area contributed by atoms with Crippen LogP contribution >= 0.6 is 22.7 Å². The molecule has 5 nitrogen and oxygen atoms in total. The van der Waals surface area contributed by atoms with Gasteiger partial charge in [0.1, 0.15) is 4.83 Å². The van der Waals surface area contributed by atoms with E-state index in [2.05, 4.69) is 54.4 Å². The van der Waals surface area contributed by atoms with Crippen LogP contribution in [0.25, 0.3) is 20.0 Å². The molecule has 1 amide bonds. The van der Waals surface area contributed by atoms with Gasteiger partial charge in [0.15, 0.2) is 0 Å². The molecule has 3 heterocycles. The molecule has 0 saturated heterocycles. The van der Waals surface area contributed by atoms with Crippen molar-refractivity contribution in [1.82, 2.24) is 15.3 Å². The number of aromatic nitrogens is 2. The van der Waals surface area contributed by atoms with Gasteiger partial charge in [0.05, 0.1) is 21.6 Å². The van der Waals surface area contributed by atoms with Crippen LogP contribution in [0.4, 0.5) is 5.69 Å². The second kappa shape index (κ2) is 8.14. The van der Waals surface area contributed by atoms with Crippen molar-refractivity contribution in [2.75, 3.05) is 11.9 Å². The van der Waals surface area contributed by atoms with Crippen LogP contribution in [0, 0.1) is 5.92 Å². The highest BCUT2D eigenvalue weighted by atomic mass is 32.1. The van der Waals surface area contributed by atoms with Crippen molar-refractivity contribution in [2.24, 2.45) is 5.92 Å². The summed E-state index contributed by atoms with van der Waals surface area (Å²) in [6, 6.07) is 2.32. The van der Waals surface area contributed by atoms with Crippen molar-refractivity contribution >= 4 is 44.5 Å². The Bertz CT molecular complexity index is 884. The first-order valence-electron chi connectivity index (χ1n) is 8.81. The number of nitrogens with one attached hydrogen (secondary N) is 2. The maximum absolute atomic E-state index is 12.7. The summed E-state index contributed by atoms with van der Waals surface area (Å²) in [7, 11) is 0. The molecular formula is C19H24N4OS2. The molecule has 3 aromatic heterocycles. The second-order valence-electron chi connectivity index (χ2n) is 6.98. The van der Waals surface area contributed by atoms with E-state index < -0.39 is 0 Å². The van der Waals surface area contributed by atoms with E-state index in [-0.39, 0.29) is 11.9 Å². The van der Waals surface area contributed by atoms with E-state index in [9.17, 15) is 4.79 Å². The number of nitrogens with zero attached hydrogens (tertiary/aromatic N) is 2. The van der Waals surface area contributed by atoms with Gasteiger partial charge in [-0.3, -0.25) is 9.78 Å². The quantitative estimate of drug-likeness (QED) is 0.597. The first-order valence-corrected chi connectivity index (χ1v) is 10.5. The summed E-state index contributed by atoms with van der Waals surface area (Å²) in [5.41, 5.74) is 3.29. The van der Waals surface area contributed by atoms with E-state index in [1.807, 2.05) is 11.7 Å². The van der Waals surface area contributed by atoms with Gasteiger partial charge in [0, 0.05) is 35.2 Å². The summed E-state index contributed by atoms with van der Waals surface area (Å²) < 4.78 is 0. The molecule has 3 aromatic rings. The van der Waals surface area contributed by atoms with E-state index in [1.165, 1.54) is 0 Å². The summed E-state index contributed by atoms with van der Waals surface area (Å²) >= 11 is 3.23. The molecule has 0 fully saturated rings. The Morgan fingerprint density at radius 3 is 2.65 bits per heavy atom. The largest absolute Gasteiger partial charge is 0.382 e. The molecule has 0 saturated carbocycles. The molecule has 2 N–H and O–H groups in total. The van der Waals surface area contributed by atoms with Gasteiger partial charge < -0.3 is 10.6 Å². The lowest BCUT2D eigenvalue weighted by atomic mass is 10.1. The van der Waals surface area contributed by atoms with Crippen LogP contribution < -0.4 is 10.6 Å². The summed E-state index contributed by atoms with van der Waals surface area (Å²) in [5, 5.41) is 7.46. The van der Waals surface area contributed by atoms with Crippen molar-refractivity contribution in [3.8, 4) is 9.75 Å². The fourth-order valence-electron chi connectivity index (χ4n) is 2.63. The van der Waals surface area contributed by atoms with Crippen LogP contribution in [0.5, 0.6) is 0 Å². The highest BCUT2D eigenvalue weighted by molar-refractivity contribution is 7.25. The lowest BCUT2D eigenvalue weighted by Crippen LogP contribution is -2.27. The first kappa shape index (κ1) is 18.8. The summed E-state index contributed by atoms with van der Waals surface area (Å²) in [6.07, 6.45) is 4.51. The number of hydrogen-bond donors (Lipinski definition) is 2. The molecule has 26 heavy (non-hydrogen) atoms. The monoisotopic (exact) mass is 388 g/mol. The van der Waals surface area contributed by atoms with Crippen molar-refractivity contribution in [3.05, 3.63) is 29.5 Å². The zero-order valence-electron chi connectivity index (χ0n) is 15.5. The maximum Gasteiger partial charge on any atom is 0.254 e. The number of amides is 1. The summed E-state index contributed by atoms with van der Waals surface area (Å²) in [5.74, 6) is 0.483. The highest BCUT2D eigenvalue weighted by Gasteiger charge is 2.19. The zero-order valence-corrected chi connectivity index (χ0v) is 17.1. The molecule has 3 rings (SSSR count). The van der Waals surface area contributed by atoms with Crippen molar-refractivity contribution in [2.45, 2.75) is 40.2 Å². The fraction of sp³-hybridized carbons (Fsp3) is 0.421. The third-order valence-corrected chi connectivity index (χ3v) is 5.93. The molecule has 138 valence electrons. The Labute approximate surface area is 161 Å². The Morgan fingerprint density at radius 2 is 2.00 bits per heavy atom. The molecule has 0 unspecified atom stereocenters. The van der Waals surface area contributed by atoms with Crippen LogP contribution in [-0.4, -0.2) is 28.5 Å². The van der Waals surface area contributed by atoms with Gasteiger partial charge in [-0.2, -0.15) is 0 Å². The van der Waals surface area contributed by atoms with E-state index in [0.717, 1.165) is 32.1 Å². The number of fused-ring (bicyclic) bond motifs is 1. The van der Waals surface area contributed by atoms with E-state index in [0.29, 0.717) is 18.0 Å². The standard InChI is InChI=1S/C19H24N4OS2/c1-11(2)5-6-21-18(24)14-8-22-19-13(17(14)23-12(3)4)7-15(26-19)16-9-20-10-25-16/h7-12H,5-6H2,1-4H3,(H,21,24)(H,22,23). The van der Waals surface area contributed by atoms with Crippen molar-refractivity contribution in [3.63, 3.8) is 0 Å². The number of thiophene rings is 1. The van der Waals surface area contributed by atoms with Gasteiger partial charge in [0.2, 0.25) is 0 Å². The lowest BCUT2D eigenvalue weighted by molar-refractivity contribution is 0.0952. The summed E-state index contributed by atoms with van der Waals surface area (Å²) in [4.78, 5) is 24.6. The average molecular weight is 389 g/mol. The molecular weight excluding hydrogens is 364 g/mol. The Kier molecular flexibility index (Phi) is 5.88. The maximum atomic E-state index is 12.7. The van der Waals surface area contributed by atoms with E-state index in [1.54, 1.807) is 28.9 Å². The zero-order chi connectivity index (χ0) is 18.7. The van der Waals surface area contributed by atoms with Gasteiger partial charge in [-0.05, 0) is 32.3 Å². The second-order valence-corrected chi connectivity index (χ2v) is 8.90. The minimum atomic E-state index is -0.0752. The lowest BCUT2D eigenvalue weighted by Gasteiger charge is -2.16. The molecule has 0 radical (unpaired) electrons. The number of rotatable bonds is 7. The molecule has 0 aromatic carbocycles. The first-order chi connectivity index (χ1) is 12.5. The van der Waals surface area contributed by atoms with Gasteiger partial charge in [0.25, 0.3) is 5.91 Å². The fourth-order valence-corrected chi connectivity index (χ4v) is 4.35. The van der Waals surface area contributed by atoms with Crippen LogP contribution in [0.3, 0.4) is 0 Å². The minimum absolute atomic E-state index is 0.0752. The van der Waals surface area contributed by atoms with Crippen LogP contribution in [0.15, 0.2) is 24.0 Å². The molecule has 0 aliphatic rings. The number of carbonyl (C=O) groups is 1. The third-order valence-electron chi connectivity index (χ3n) is 3.92. The molecule has 0 bridgehead atoms. The number of pyridine rings is 1. The average Bonchev–Trinajstić information content (AvgIpc) is 3.23. The SMILES string of the molecule is CC(C)CCNC(=O)c1cnc2sc(-c3cncs3)cc2c1NC(C)C. The van der Waals surface area contributed by atoms with Crippen molar-refractivity contribution < 1.29 is 4.79 Å². The smallest absolute Gasteiger partial charge is 0.254 e. The van der Waals surface area contributed by atoms with E-state index in [4.69, 9.17) is 0 Å². The van der Waals surface area contributed by atoms with Crippen LogP contribution in [0.1, 0.15) is 44.5 Å². The van der Waals surface area contributed by atoms with Crippen LogP contribution in [-0.2, 0) is 0 Å². The van der Waals surface area contributed by atoms with Gasteiger partial charge in [-0.1, -0.05) is 13.8 Å². The normalized spacial score (nSPS) is 11.5. The Morgan fingerprint density at radius 1 is 1.19 bits per heavy atom. The van der Waals surface area contributed by atoms with Gasteiger partial charge in [-0.25, -0.2) is 4.98 Å². The van der Waals surface area contributed by atoms with Crippen LogP contribution in [0.2, 0.25) is 0 Å². The Balaban J connectivity index is 1.98. The highest BCUT2D eigenvalue weighted by Crippen LogP contribution is 2.38. The molecule has 7 heteroatoms. The van der Waals surface area contributed by atoms with Gasteiger partial charge in [-0.15, -0.1) is 22.7 Å². The molecule has 0 spiro atoms. The predicted octanol–water partition coefficient (Wildman–Crippen LogP) is 5.02. The molecule has 0 aliphatic heterocycles. The third kappa shape index (κ3) is 4.22. The molecule has 0 aliphatic carbocycles. The number of anilines is 1.